The summed E-state index contributed by atoms with van der Waals surface area (Å²) < 4.78 is 8.16. The molecular weight excluding hydrogens is 296 g/mol. The maximum Gasteiger partial charge on any atom is 0.138 e. The molecule has 2 N–H and O–H groups in total. The number of fused-ring (bicyclic) bond motifs is 2. The number of para-hydroxylation sites is 4. The molecule has 4 nitrogen and oxygen atoms in total. The summed E-state index contributed by atoms with van der Waals surface area (Å²) >= 11 is 0. The molecule has 114 valence electrons. The van der Waals surface area contributed by atoms with Crippen LogP contribution < -0.4 is 0 Å². The lowest BCUT2D eigenvalue weighted by atomic mass is 10.1. The molecule has 0 aliphatic carbocycles. The molecule has 3 aromatic carbocycles. The van der Waals surface area contributed by atoms with Crippen molar-refractivity contribution in [2.75, 3.05) is 0 Å². The fourth-order valence-corrected chi connectivity index (χ4v) is 2.92. The second kappa shape index (κ2) is 5.06. The minimum absolute atomic E-state index is 0.424. The van der Waals surface area contributed by atoms with Crippen molar-refractivity contribution in [3.05, 3.63) is 72.8 Å². The van der Waals surface area contributed by atoms with Gasteiger partial charge >= 0.3 is 0 Å². The van der Waals surface area contributed by atoms with Crippen molar-refractivity contribution in [2.24, 2.45) is 0 Å². The van der Waals surface area contributed by atoms with Gasteiger partial charge in [0.15, 0.2) is 0 Å². The molecule has 0 fully saturated rings. The van der Waals surface area contributed by atoms with Gasteiger partial charge in [0.05, 0.1) is 23.4 Å². The van der Waals surface area contributed by atoms with Crippen molar-refractivity contribution < 1.29 is 1.37 Å². The third-order valence-corrected chi connectivity index (χ3v) is 4.11. The Labute approximate surface area is 139 Å². The molecule has 0 atom stereocenters. The number of rotatable bonds is 2. The molecule has 5 aromatic rings. The van der Waals surface area contributed by atoms with Gasteiger partial charge in [-0.05, 0) is 30.3 Å². The van der Waals surface area contributed by atoms with E-state index in [0.717, 1.165) is 44.8 Å². The van der Waals surface area contributed by atoms with Gasteiger partial charge in [0.1, 0.15) is 11.6 Å². The van der Waals surface area contributed by atoms with Crippen LogP contribution in [0.2, 0.25) is 0 Å². The number of nitrogens with zero attached hydrogens (tertiary/aromatic N) is 2. The molecule has 0 bridgehead atoms. The van der Waals surface area contributed by atoms with Crippen molar-refractivity contribution in [2.45, 2.75) is 0 Å². The summed E-state index contributed by atoms with van der Waals surface area (Å²) in [5.74, 6) is 1.51. The Morgan fingerprint density at radius 3 is 1.67 bits per heavy atom. The first-order valence-corrected chi connectivity index (χ1v) is 7.78. The van der Waals surface area contributed by atoms with Crippen LogP contribution >= 0.6 is 0 Å². The van der Waals surface area contributed by atoms with Gasteiger partial charge in [-0.25, -0.2) is 9.97 Å². The molecule has 4 heteroatoms. The third-order valence-electron chi connectivity index (χ3n) is 4.11. The van der Waals surface area contributed by atoms with Crippen molar-refractivity contribution in [1.29, 1.82) is 0 Å². The molecule has 0 unspecified atom stereocenters. The topological polar surface area (TPSA) is 57.4 Å². The Morgan fingerprint density at radius 2 is 1.17 bits per heavy atom. The molecule has 0 aliphatic heterocycles. The van der Waals surface area contributed by atoms with E-state index in [1.165, 1.54) is 0 Å². The van der Waals surface area contributed by atoms with Crippen molar-refractivity contribution in [1.82, 2.24) is 19.9 Å². The Hall–Kier alpha value is -3.40. The number of H-pyrrole nitrogens is 2. The lowest BCUT2D eigenvalue weighted by molar-refractivity contribution is 1.31. The Morgan fingerprint density at radius 1 is 0.667 bits per heavy atom. The normalized spacial score (nSPS) is 11.9. The lowest BCUT2D eigenvalue weighted by Crippen LogP contribution is -1.84. The van der Waals surface area contributed by atoms with Gasteiger partial charge in [-0.1, -0.05) is 42.4 Å². The molecule has 0 spiro atoms. The number of hydrogen-bond acceptors (Lipinski definition) is 2. The van der Waals surface area contributed by atoms with E-state index in [0.29, 0.717) is 6.04 Å². The van der Waals surface area contributed by atoms with Crippen molar-refractivity contribution in [3.8, 4) is 22.8 Å². The highest BCUT2D eigenvalue weighted by molar-refractivity contribution is 5.82. The molecule has 0 amide bonds. The molecule has 5 rings (SSSR count). The molecule has 0 radical (unpaired) electrons. The van der Waals surface area contributed by atoms with E-state index in [-0.39, 0.29) is 0 Å². The summed E-state index contributed by atoms with van der Waals surface area (Å²) in [6.07, 6.45) is 0. The zero-order chi connectivity index (χ0) is 16.8. The Bertz CT molecular complexity index is 1060. The summed E-state index contributed by atoms with van der Waals surface area (Å²) in [6.45, 7) is 0. The van der Waals surface area contributed by atoms with Gasteiger partial charge in [0, 0.05) is 11.1 Å². The number of aromatic amines is 2. The lowest BCUT2D eigenvalue weighted by Gasteiger charge is -2.00. The molecule has 0 saturated carbocycles. The van der Waals surface area contributed by atoms with Gasteiger partial charge in [0.25, 0.3) is 0 Å². The summed E-state index contributed by atoms with van der Waals surface area (Å²) in [7, 11) is 0. The molecule has 2 aromatic heterocycles. The predicted octanol–water partition coefficient (Wildman–Crippen LogP) is 4.77. The van der Waals surface area contributed by atoms with Crippen LogP contribution in [0.3, 0.4) is 0 Å². The fourth-order valence-electron chi connectivity index (χ4n) is 2.92. The van der Waals surface area contributed by atoms with E-state index in [1.807, 2.05) is 66.7 Å². The smallest absolute Gasteiger partial charge is 0.138 e. The Kier molecular flexibility index (Phi) is 2.55. The van der Waals surface area contributed by atoms with Crippen LogP contribution in [0.5, 0.6) is 0 Å². The van der Waals surface area contributed by atoms with E-state index >= 15 is 0 Å². The number of nitrogens with one attached hydrogen (secondary N) is 2. The largest absolute Gasteiger partial charge is 0.338 e. The summed E-state index contributed by atoms with van der Waals surface area (Å²) in [4.78, 5) is 15.9. The van der Waals surface area contributed by atoms with Gasteiger partial charge in [-0.15, -0.1) is 0 Å². The van der Waals surface area contributed by atoms with E-state index in [9.17, 15) is 0 Å². The fraction of sp³-hybridized carbons (Fsp3) is 0. The zero-order valence-corrected chi connectivity index (χ0v) is 12.7. The number of hydrogen-bond donors (Lipinski definition) is 2. The van der Waals surface area contributed by atoms with Crippen LogP contribution in [0, 0.1) is 0 Å². The summed E-state index contributed by atoms with van der Waals surface area (Å²) in [5.41, 5.74) is 5.55. The number of benzene rings is 3. The molecular formula is C20H14N4. The quantitative estimate of drug-likeness (QED) is 0.493. The predicted molar refractivity (Wildman–Crippen MR) is 96.6 cm³/mol. The molecule has 0 saturated heterocycles. The second-order valence-electron chi connectivity index (χ2n) is 5.72. The minimum atomic E-state index is 0.424. The van der Waals surface area contributed by atoms with Crippen LogP contribution in [-0.2, 0) is 0 Å². The zero-order valence-electron chi connectivity index (χ0n) is 13.7. The summed E-state index contributed by atoms with van der Waals surface area (Å²) in [5, 5.41) is 0. The van der Waals surface area contributed by atoms with Crippen LogP contribution in [0.15, 0.2) is 72.8 Å². The average molecular weight is 311 g/mol. The SMILES string of the molecule is [2H]c1cc(-c2nc3ccccc3[nH]2)cc(-c2nc3ccccc3[nH]2)c1. The maximum absolute atomic E-state index is 8.16. The van der Waals surface area contributed by atoms with Gasteiger partial charge in [0.2, 0.25) is 0 Å². The second-order valence-corrected chi connectivity index (χ2v) is 5.72. The average Bonchev–Trinajstić information content (AvgIpc) is 3.25. The van der Waals surface area contributed by atoms with E-state index < -0.39 is 0 Å². The highest BCUT2D eigenvalue weighted by atomic mass is 14.9. The number of imidazole rings is 2. The monoisotopic (exact) mass is 311 g/mol. The highest BCUT2D eigenvalue weighted by Crippen LogP contribution is 2.26. The molecule has 0 aliphatic rings. The maximum atomic E-state index is 8.16. The van der Waals surface area contributed by atoms with Crippen molar-refractivity contribution >= 4 is 22.1 Å². The van der Waals surface area contributed by atoms with Crippen molar-refractivity contribution in [3.63, 3.8) is 0 Å². The molecule has 24 heavy (non-hydrogen) atoms. The van der Waals surface area contributed by atoms with Crippen LogP contribution in [0.25, 0.3) is 44.8 Å². The number of aromatic nitrogens is 4. The van der Waals surface area contributed by atoms with Crippen LogP contribution in [0.4, 0.5) is 0 Å². The van der Waals surface area contributed by atoms with Gasteiger partial charge < -0.3 is 9.97 Å². The van der Waals surface area contributed by atoms with E-state index in [4.69, 9.17) is 1.37 Å². The standard InChI is InChI=1S/C20H14N4/c1-2-9-16-15(8-1)21-19(22-16)13-6-5-7-14(12-13)20-23-17-10-3-4-11-18(17)24-20/h1-12H,(H,21,22)(H,23,24)/i5D. The first-order chi connectivity index (χ1) is 12.3. The van der Waals surface area contributed by atoms with Crippen LogP contribution in [-0.4, -0.2) is 19.9 Å². The third kappa shape index (κ3) is 2.08. The molecule has 2 heterocycles. The first-order valence-electron chi connectivity index (χ1n) is 8.28. The van der Waals surface area contributed by atoms with Gasteiger partial charge in [-0.3, -0.25) is 0 Å². The highest BCUT2D eigenvalue weighted by Gasteiger charge is 2.09. The van der Waals surface area contributed by atoms with E-state index in [2.05, 4.69) is 19.9 Å². The Balaban J connectivity index is 1.66. The minimum Gasteiger partial charge on any atom is -0.338 e. The van der Waals surface area contributed by atoms with Crippen LogP contribution in [0.1, 0.15) is 1.37 Å². The van der Waals surface area contributed by atoms with E-state index in [1.54, 1.807) is 0 Å². The summed E-state index contributed by atoms with van der Waals surface area (Å²) in [6, 6.07) is 21.9. The van der Waals surface area contributed by atoms with Gasteiger partial charge in [-0.2, -0.15) is 0 Å². The first kappa shape index (κ1) is 12.1.